The number of carbonyl (C=O) groups excluding carboxylic acids is 1. The van der Waals surface area contributed by atoms with Gasteiger partial charge in [0.1, 0.15) is 6.04 Å². The number of aliphatic hydroxyl groups is 1. The molecule has 0 radical (unpaired) electrons. The van der Waals surface area contributed by atoms with Gasteiger partial charge >= 0.3 is 12.3 Å². The summed E-state index contributed by atoms with van der Waals surface area (Å²) in [5.41, 5.74) is -0.463. The quantitative estimate of drug-likeness (QED) is 0.628. The average molecular weight is 320 g/mol. The molecule has 1 aromatic rings. The van der Waals surface area contributed by atoms with Crippen molar-refractivity contribution in [1.82, 2.24) is 10.6 Å². The van der Waals surface area contributed by atoms with Gasteiger partial charge in [-0.3, -0.25) is 4.79 Å². The maximum atomic E-state index is 12.4. The summed E-state index contributed by atoms with van der Waals surface area (Å²) in [6.45, 7) is -0.366. The van der Waals surface area contributed by atoms with Crippen LogP contribution in [0.3, 0.4) is 0 Å². The lowest BCUT2D eigenvalue weighted by Gasteiger charge is -2.17. The highest BCUT2D eigenvalue weighted by molar-refractivity contribution is 5.85. The zero-order chi connectivity index (χ0) is 16.8. The number of hydrogen-bond acceptors (Lipinski definition) is 3. The van der Waals surface area contributed by atoms with Crippen LogP contribution in [0.15, 0.2) is 24.3 Å². The van der Waals surface area contributed by atoms with Crippen LogP contribution >= 0.6 is 0 Å². The number of halogens is 3. The Hall–Kier alpha value is -2.29. The van der Waals surface area contributed by atoms with E-state index in [4.69, 9.17) is 10.2 Å². The molecule has 2 amide bonds. The fourth-order valence-electron chi connectivity index (χ4n) is 1.73. The summed E-state index contributed by atoms with van der Waals surface area (Å²) in [4.78, 5) is 22.4. The van der Waals surface area contributed by atoms with Gasteiger partial charge < -0.3 is 20.8 Å². The molecule has 1 rings (SSSR count). The highest BCUT2D eigenvalue weighted by Crippen LogP contribution is 2.29. The Bertz CT molecular complexity index is 517. The molecule has 0 bridgehead atoms. The molecule has 0 spiro atoms. The first-order valence-electron chi connectivity index (χ1n) is 6.28. The van der Waals surface area contributed by atoms with Crippen LogP contribution in [-0.4, -0.2) is 41.4 Å². The Kier molecular flexibility index (Phi) is 6.17. The molecule has 0 aromatic heterocycles. The molecule has 6 nitrogen and oxygen atoms in total. The van der Waals surface area contributed by atoms with Crippen LogP contribution < -0.4 is 10.6 Å². The van der Waals surface area contributed by atoms with Gasteiger partial charge in [-0.1, -0.05) is 12.1 Å². The number of rotatable bonds is 6. The predicted octanol–water partition coefficient (Wildman–Crippen LogP) is 0.993. The molecule has 0 aliphatic carbocycles. The molecule has 0 aliphatic heterocycles. The average Bonchev–Trinajstić information content (AvgIpc) is 2.43. The number of carboxylic acid groups (broad SMARTS) is 1. The van der Waals surface area contributed by atoms with Crippen LogP contribution in [0, 0.1) is 0 Å². The highest BCUT2D eigenvalue weighted by Gasteiger charge is 2.30. The first-order chi connectivity index (χ1) is 10.2. The van der Waals surface area contributed by atoms with E-state index in [1.54, 1.807) is 0 Å². The van der Waals surface area contributed by atoms with E-state index in [9.17, 15) is 22.8 Å². The molecule has 0 aliphatic rings. The number of carbonyl (C=O) groups is 2. The summed E-state index contributed by atoms with van der Waals surface area (Å²) in [7, 11) is 0. The molecule has 22 heavy (non-hydrogen) atoms. The molecule has 1 aromatic carbocycles. The van der Waals surface area contributed by atoms with Crippen LogP contribution in [-0.2, 0) is 17.4 Å². The monoisotopic (exact) mass is 320 g/mol. The van der Waals surface area contributed by atoms with Gasteiger partial charge in [0.15, 0.2) is 0 Å². The molecular weight excluding hydrogens is 305 g/mol. The van der Waals surface area contributed by atoms with E-state index in [0.29, 0.717) is 5.56 Å². The van der Waals surface area contributed by atoms with Gasteiger partial charge in [0, 0.05) is 13.0 Å². The van der Waals surface area contributed by atoms with Gasteiger partial charge in [-0.25, -0.2) is 4.79 Å². The van der Waals surface area contributed by atoms with Crippen molar-refractivity contribution in [1.29, 1.82) is 0 Å². The Labute approximate surface area is 123 Å². The van der Waals surface area contributed by atoms with Crippen molar-refractivity contribution in [2.45, 2.75) is 18.6 Å². The zero-order valence-corrected chi connectivity index (χ0v) is 11.4. The van der Waals surface area contributed by atoms with E-state index in [2.05, 4.69) is 5.32 Å². The third-order valence-corrected chi connectivity index (χ3v) is 2.75. The first-order valence-corrected chi connectivity index (χ1v) is 6.28. The fraction of sp³-hybridized carbons (Fsp3) is 0.385. The molecule has 1 atom stereocenters. The molecule has 122 valence electrons. The van der Waals surface area contributed by atoms with Crippen molar-refractivity contribution in [2.24, 2.45) is 0 Å². The summed E-state index contributed by atoms with van der Waals surface area (Å²) in [6, 6.07) is 2.91. The molecule has 9 heteroatoms. The van der Waals surface area contributed by atoms with Crippen molar-refractivity contribution >= 4 is 12.0 Å². The third-order valence-electron chi connectivity index (χ3n) is 2.75. The molecule has 0 fully saturated rings. The van der Waals surface area contributed by atoms with E-state index in [1.165, 1.54) is 12.1 Å². The second-order valence-corrected chi connectivity index (χ2v) is 4.42. The molecule has 0 heterocycles. The van der Waals surface area contributed by atoms with Gasteiger partial charge in [0.05, 0.1) is 12.2 Å². The number of alkyl halides is 3. The van der Waals surface area contributed by atoms with Crippen molar-refractivity contribution in [3.8, 4) is 0 Å². The normalized spacial score (nSPS) is 12.5. The van der Waals surface area contributed by atoms with Crippen molar-refractivity contribution < 1.29 is 33.0 Å². The van der Waals surface area contributed by atoms with E-state index in [-0.39, 0.29) is 19.6 Å². The van der Waals surface area contributed by atoms with Crippen molar-refractivity contribution in [2.75, 3.05) is 13.2 Å². The topological polar surface area (TPSA) is 98.7 Å². The van der Waals surface area contributed by atoms with Crippen LogP contribution in [0.2, 0.25) is 0 Å². The number of benzene rings is 1. The van der Waals surface area contributed by atoms with Crippen LogP contribution in [0.1, 0.15) is 11.1 Å². The number of amides is 2. The van der Waals surface area contributed by atoms with Crippen molar-refractivity contribution in [3.05, 3.63) is 35.4 Å². The van der Waals surface area contributed by atoms with Crippen LogP contribution in [0.4, 0.5) is 18.0 Å². The first kappa shape index (κ1) is 17.8. The van der Waals surface area contributed by atoms with Crippen LogP contribution in [0.5, 0.6) is 0 Å². The smallest absolute Gasteiger partial charge is 0.416 e. The summed E-state index contributed by atoms with van der Waals surface area (Å²) in [6.07, 6.45) is -6.01. The molecule has 4 N–H and O–H groups in total. The van der Waals surface area contributed by atoms with E-state index < -0.39 is 29.8 Å². The second kappa shape index (κ2) is 7.64. The summed E-state index contributed by atoms with van der Waals surface area (Å²) in [5, 5.41) is 21.6. The highest BCUT2D eigenvalue weighted by atomic mass is 19.4. The maximum Gasteiger partial charge on any atom is 0.416 e. The maximum absolute atomic E-state index is 12.4. The standard InChI is InChI=1S/C13H15F3N2O4/c14-13(15,16)9-3-1-8(2-4-9)7-10(18-12(21)22)11(20)17-5-6-19/h1-4,10,18-19H,5-7H2,(H,17,20)(H,21,22)/t10-/m0/s1. The molecule has 0 saturated heterocycles. The van der Waals surface area contributed by atoms with E-state index in [0.717, 1.165) is 12.1 Å². The Balaban J connectivity index is 2.80. The minimum atomic E-state index is -4.46. The van der Waals surface area contributed by atoms with Gasteiger partial charge in [-0.15, -0.1) is 0 Å². The molecule has 0 unspecified atom stereocenters. The van der Waals surface area contributed by atoms with Crippen molar-refractivity contribution in [3.63, 3.8) is 0 Å². The Morgan fingerprint density at radius 2 is 1.77 bits per heavy atom. The number of aliphatic hydroxyl groups excluding tert-OH is 1. The second-order valence-electron chi connectivity index (χ2n) is 4.42. The van der Waals surface area contributed by atoms with Gasteiger partial charge in [0.2, 0.25) is 5.91 Å². The summed E-state index contributed by atoms with van der Waals surface area (Å²) >= 11 is 0. The lowest BCUT2D eigenvalue weighted by atomic mass is 10.0. The SMILES string of the molecule is O=C(O)N[C@@H](Cc1ccc(C(F)(F)F)cc1)C(=O)NCCO. The van der Waals surface area contributed by atoms with Gasteiger partial charge in [-0.2, -0.15) is 13.2 Å². The van der Waals surface area contributed by atoms with Crippen LogP contribution in [0.25, 0.3) is 0 Å². The molecule has 0 saturated carbocycles. The third kappa shape index (κ3) is 5.60. The van der Waals surface area contributed by atoms with E-state index in [1.807, 2.05) is 5.32 Å². The Morgan fingerprint density at radius 1 is 1.18 bits per heavy atom. The number of nitrogens with one attached hydrogen (secondary N) is 2. The fourth-order valence-corrected chi connectivity index (χ4v) is 1.73. The largest absolute Gasteiger partial charge is 0.465 e. The minimum Gasteiger partial charge on any atom is -0.465 e. The summed E-state index contributed by atoms with van der Waals surface area (Å²) in [5.74, 6) is -0.670. The number of hydrogen-bond donors (Lipinski definition) is 4. The van der Waals surface area contributed by atoms with E-state index >= 15 is 0 Å². The lowest BCUT2D eigenvalue weighted by molar-refractivity contribution is -0.137. The lowest BCUT2D eigenvalue weighted by Crippen LogP contribution is -2.48. The zero-order valence-electron chi connectivity index (χ0n) is 11.4. The minimum absolute atomic E-state index is 0.0519. The summed E-state index contributed by atoms with van der Waals surface area (Å²) < 4.78 is 37.3. The Morgan fingerprint density at radius 3 is 2.23 bits per heavy atom. The predicted molar refractivity (Wildman–Crippen MR) is 70.2 cm³/mol. The van der Waals surface area contributed by atoms with Gasteiger partial charge in [0.25, 0.3) is 0 Å². The molecular formula is C13H15F3N2O4. The van der Waals surface area contributed by atoms with Gasteiger partial charge in [-0.05, 0) is 17.7 Å².